The second-order valence-electron chi connectivity index (χ2n) is 1.80. The first-order valence-electron chi connectivity index (χ1n) is 2.74. The van der Waals surface area contributed by atoms with Crippen LogP contribution in [0.25, 0.3) is 0 Å². The van der Waals surface area contributed by atoms with E-state index in [1.54, 1.807) is 0 Å². The van der Waals surface area contributed by atoms with Crippen LogP contribution in [0.15, 0.2) is 12.7 Å². The maximum Gasteiger partial charge on any atom is 0.389 e. The van der Waals surface area contributed by atoms with Crippen LogP contribution in [0, 0.1) is 0 Å². The van der Waals surface area contributed by atoms with E-state index in [-0.39, 0.29) is 6.42 Å². The van der Waals surface area contributed by atoms with Crippen molar-refractivity contribution in [3.63, 3.8) is 0 Å². The van der Waals surface area contributed by atoms with Gasteiger partial charge in [-0.25, -0.2) is 0 Å². The Morgan fingerprint density at radius 2 is 1.89 bits per heavy atom. The van der Waals surface area contributed by atoms with Crippen molar-refractivity contribution >= 4 is 0 Å². The van der Waals surface area contributed by atoms with Gasteiger partial charge in [-0.3, -0.25) is 0 Å². The molecule has 0 amide bonds. The number of unbranched alkanes of at least 4 members (excludes halogenated alkanes) is 1. The molecule has 0 spiro atoms. The van der Waals surface area contributed by atoms with Gasteiger partial charge in [-0.15, -0.1) is 6.58 Å². The Balaban J connectivity index is 3.17. The molecule has 54 valence electrons. The Bertz CT molecular complexity index is 82.8. The summed E-state index contributed by atoms with van der Waals surface area (Å²) in [5.74, 6) is 0. The lowest BCUT2D eigenvalue weighted by Crippen LogP contribution is -2.05. The lowest BCUT2D eigenvalue weighted by Gasteiger charge is -2.02. The summed E-state index contributed by atoms with van der Waals surface area (Å²) < 4.78 is 34.0. The van der Waals surface area contributed by atoms with Gasteiger partial charge >= 0.3 is 6.18 Å². The fraction of sp³-hybridized carbons (Fsp3) is 0.667. The monoisotopic (exact) mass is 138 g/mol. The van der Waals surface area contributed by atoms with Gasteiger partial charge in [-0.2, -0.15) is 13.2 Å². The fourth-order valence-electron chi connectivity index (χ4n) is 0.447. The van der Waals surface area contributed by atoms with Crippen molar-refractivity contribution in [1.29, 1.82) is 0 Å². The first-order valence-corrected chi connectivity index (χ1v) is 2.74. The molecule has 0 nitrogen and oxygen atoms in total. The minimum atomic E-state index is -4.00. The van der Waals surface area contributed by atoms with Crippen molar-refractivity contribution in [2.75, 3.05) is 0 Å². The minimum Gasteiger partial charge on any atom is -0.171 e. The summed E-state index contributed by atoms with van der Waals surface area (Å²) in [5, 5.41) is 0. The van der Waals surface area contributed by atoms with E-state index >= 15 is 0 Å². The molecular formula is C6H9F3. The molecule has 0 aliphatic rings. The van der Waals surface area contributed by atoms with Crippen LogP contribution < -0.4 is 0 Å². The molecule has 0 aromatic carbocycles. The highest BCUT2D eigenvalue weighted by atomic mass is 19.4. The molecule has 0 aliphatic carbocycles. The van der Waals surface area contributed by atoms with Crippen LogP contribution >= 0.6 is 0 Å². The van der Waals surface area contributed by atoms with E-state index in [1.165, 1.54) is 6.08 Å². The van der Waals surface area contributed by atoms with Gasteiger partial charge in [0.15, 0.2) is 0 Å². The average Bonchev–Trinajstić information content (AvgIpc) is 1.63. The highest BCUT2D eigenvalue weighted by Crippen LogP contribution is 2.21. The Kier molecular flexibility index (Phi) is 3.35. The summed E-state index contributed by atoms with van der Waals surface area (Å²) in [4.78, 5) is 0. The summed E-state index contributed by atoms with van der Waals surface area (Å²) in [7, 11) is 0. The van der Waals surface area contributed by atoms with Gasteiger partial charge in [0, 0.05) is 6.42 Å². The summed E-state index contributed by atoms with van der Waals surface area (Å²) in [5.41, 5.74) is 0. The number of hydrogen-bond donors (Lipinski definition) is 0. The molecule has 9 heavy (non-hydrogen) atoms. The highest BCUT2D eigenvalue weighted by molar-refractivity contribution is 4.66. The third-order valence-corrected chi connectivity index (χ3v) is 0.868. The summed E-state index contributed by atoms with van der Waals surface area (Å²) in [6, 6.07) is 0. The predicted octanol–water partition coefficient (Wildman–Crippen LogP) is 2.91. The SMILES string of the molecule is C=CCCCC(F)(F)F. The number of alkyl halides is 3. The molecule has 0 atom stereocenters. The maximum absolute atomic E-state index is 11.3. The Labute approximate surface area is 52.4 Å². The molecule has 0 N–H and O–H groups in total. The smallest absolute Gasteiger partial charge is 0.171 e. The summed E-state index contributed by atoms with van der Waals surface area (Å²) in [6.07, 6.45) is -2.60. The van der Waals surface area contributed by atoms with Gasteiger partial charge in [-0.05, 0) is 12.8 Å². The van der Waals surface area contributed by atoms with Crippen LogP contribution in [0.2, 0.25) is 0 Å². The minimum absolute atomic E-state index is 0.160. The van der Waals surface area contributed by atoms with E-state index in [1.807, 2.05) is 0 Å². The zero-order chi connectivity index (χ0) is 7.33. The van der Waals surface area contributed by atoms with Gasteiger partial charge in [0.25, 0.3) is 0 Å². The molecule has 0 heterocycles. The van der Waals surface area contributed by atoms with Crippen molar-refractivity contribution in [3.8, 4) is 0 Å². The van der Waals surface area contributed by atoms with Crippen molar-refractivity contribution < 1.29 is 13.2 Å². The second-order valence-corrected chi connectivity index (χ2v) is 1.80. The lowest BCUT2D eigenvalue weighted by atomic mass is 10.2. The van der Waals surface area contributed by atoms with Gasteiger partial charge in [0.05, 0.1) is 0 Å². The Morgan fingerprint density at radius 3 is 2.22 bits per heavy atom. The zero-order valence-corrected chi connectivity index (χ0v) is 5.04. The van der Waals surface area contributed by atoms with Crippen molar-refractivity contribution in [2.24, 2.45) is 0 Å². The zero-order valence-electron chi connectivity index (χ0n) is 5.04. The summed E-state index contributed by atoms with van der Waals surface area (Å²) in [6.45, 7) is 3.31. The van der Waals surface area contributed by atoms with Crippen molar-refractivity contribution in [2.45, 2.75) is 25.4 Å². The van der Waals surface area contributed by atoms with Gasteiger partial charge in [0.1, 0.15) is 0 Å². The highest BCUT2D eigenvalue weighted by Gasteiger charge is 2.25. The van der Waals surface area contributed by atoms with Crippen molar-refractivity contribution in [3.05, 3.63) is 12.7 Å². The topological polar surface area (TPSA) is 0 Å². The third-order valence-electron chi connectivity index (χ3n) is 0.868. The average molecular weight is 138 g/mol. The number of halogens is 3. The van der Waals surface area contributed by atoms with E-state index in [0.29, 0.717) is 6.42 Å². The van der Waals surface area contributed by atoms with Crippen LogP contribution in [-0.4, -0.2) is 6.18 Å². The third kappa shape index (κ3) is 7.53. The number of hydrogen-bond acceptors (Lipinski definition) is 0. The van der Waals surface area contributed by atoms with E-state index in [0.717, 1.165) is 0 Å². The van der Waals surface area contributed by atoms with E-state index in [4.69, 9.17) is 0 Å². The Morgan fingerprint density at radius 1 is 1.33 bits per heavy atom. The van der Waals surface area contributed by atoms with E-state index in [9.17, 15) is 13.2 Å². The van der Waals surface area contributed by atoms with E-state index in [2.05, 4.69) is 6.58 Å². The molecular weight excluding hydrogens is 129 g/mol. The second kappa shape index (κ2) is 3.54. The summed E-state index contributed by atoms with van der Waals surface area (Å²) >= 11 is 0. The molecule has 0 fully saturated rings. The molecule has 3 heteroatoms. The molecule has 0 radical (unpaired) electrons. The molecule has 0 saturated heterocycles. The number of rotatable bonds is 3. The lowest BCUT2D eigenvalue weighted by molar-refractivity contribution is -0.135. The first kappa shape index (κ1) is 8.53. The predicted molar refractivity (Wildman–Crippen MR) is 30.1 cm³/mol. The maximum atomic E-state index is 11.3. The number of allylic oxidation sites excluding steroid dienone is 1. The quantitative estimate of drug-likeness (QED) is 0.415. The molecule has 0 saturated carbocycles. The van der Waals surface area contributed by atoms with Gasteiger partial charge in [-0.1, -0.05) is 6.08 Å². The Hall–Kier alpha value is -0.470. The van der Waals surface area contributed by atoms with Gasteiger partial charge < -0.3 is 0 Å². The molecule has 0 aromatic rings. The molecule has 0 aliphatic heterocycles. The van der Waals surface area contributed by atoms with Crippen LogP contribution in [0.4, 0.5) is 13.2 Å². The first-order chi connectivity index (χ1) is 4.06. The molecule has 0 bridgehead atoms. The van der Waals surface area contributed by atoms with Gasteiger partial charge in [0.2, 0.25) is 0 Å². The molecule has 0 unspecified atom stereocenters. The largest absolute Gasteiger partial charge is 0.389 e. The molecule has 0 aromatic heterocycles. The van der Waals surface area contributed by atoms with Crippen molar-refractivity contribution in [1.82, 2.24) is 0 Å². The fourth-order valence-corrected chi connectivity index (χ4v) is 0.447. The van der Waals surface area contributed by atoms with Crippen LogP contribution in [0.5, 0.6) is 0 Å². The standard InChI is InChI=1S/C6H9F3/c1-2-3-4-5-6(7,8)9/h2H,1,3-5H2. The van der Waals surface area contributed by atoms with Crippen LogP contribution in [0.1, 0.15) is 19.3 Å². The molecule has 0 rings (SSSR count). The van der Waals surface area contributed by atoms with E-state index < -0.39 is 12.6 Å². The normalized spacial score (nSPS) is 11.4. The van der Waals surface area contributed by atoms with Crippen LogP contribution in [0.3, 0.4) is 0 Å². The van der Waals surface area contributed by atoms with Crippen LogP contribution in [-0.2, 0) is 0 Å².